The fourth-order valence-electron chi connectivity index (χ4n) is 2.05. The van der Waals surface area contributed by atoms with Gasteiger partial charge in [-0.1, -0.05) is 0 Å². The first-order chi connectivity index (χ1) is 10.9. The third-order valence-corrected chi connectivity index (χ3v) is 3.21. The molecule has 1 aromatic heterocycles. The number of fused-ring (bicyclic) bond motifs is 1. The predicted molar refractivity (Wildman–Crippen MR) is 76.6 cm³/mol. The van der Waals surface area contributed by atoms with Gasteiger partial charge in [-0.2, -0.15) is 13.9 Å². The summed E-state index contributed by atoms with van der Waals surface area (Å²) in [5.41, 5.74) is 0.653. The van der Waals surface area contributed by atoms with E-state index in [1.54, 1.807) is 19.1 Å². The Labute approximate surface area is 129 Å². The highest BCUT2D eigenvalue weighted by Gasteiger charge is 2.24. The molecule has 2 N–H and O–H groups in total. The zero-order valence-electron chi connectivity index (χ0n) is 11.9. The fraction of sp³-hybridized carbons (Fsp3) is 0.214. The molecule has 2 heterocycles. The Morgan fingerprint density at radius 3 is 2.91 bits per heavy atom. The Kier molecular flexibility index (Phi) is 3.68. The van der Waals surface area contributed by atoms with Crippen LogP contribution in [0.2, 0.25) is 0 Å². The lowest BCUT2D eigenvalue weighted by Gasteiger charge is -2.23. The van der Waals surface area contributed by atoms with E-state index < -0.39 is 18.6 Å². The normalized spacial score (nSPS) is 16.5. The minimum Gasteiger partial charge on any atom is -0.479 e. The van der Waals surface area contributed by atoms with Gasteiger partial charge in [0, 0.05) is 11.9 Å². The van der Waals surface area contributed by atoms with E-state index in [0.29, 0.717) is 21.8 Å². The number of amides is 2. The van der Waals surface area contributed by atoms with Gasteiger partial charge < -0.3 is 15.4 Å². The molecule has 7 nitrogen and oxygen atoms in total. The molecule has 1 aliphatic heterocycles. The molecule has 120 valence electrons. The van der Waals surface area contributed by atoms with E-state index in [1.807, 2.05) is 0 Å². The zero-order valence-corrected chi connectivity index (χ0v) is 11.9. The number of hydrogen-bond donors (Lipinski definition) is 2. The quantitative estimate of drug-likeness (QED) is 0.907. The molecule has 1 aliphatic rings. The number of ether oxygens (including phenoxy) is 1. The van der Waals surface area contributed by atoms with Crippen LogP contribution >= 0.6 is 0 Å². The summed E-state index contributed by atoms with van der Waals surface area (Å²) in [5.74, 6) is -0.450. The van der Waals surface area contributed by atoms with Gasteiger partial charge in [0.15, 0.2) is 11.8 Å². The van der Waals surface area contributed by atoms with E-state index in [1.165, 1.54) is 12.1 Å². The summed E-state index contributed by atoms with van der Waals surface area (Å²) in [6.07, 6.45) is 0.420. The molecule has 0 saturated heterocycles. The monoisotopic (exact) mass is 322 g/mol. The highest BCUT2D eigenvalue weighted by Crippen LogP contribution is 2.32. The predicted octanol–water partition coefficient (Wildman–Crippen LogP) is 2.25. The average Bonchev–Trinajstić information content (AvgIpc) is 2.99. The van der Waals surface area contributed by atoms with Crippen molar-refractivity contribution in [2.75, 3.05) is 10.6 Å². The molecule has 1 atom stereocenters. The Morgan fingerprint density at radius 2 is 2.22 bits per heavy atom. The average molecular weight is 322 g/mol. The third-order valence-electron chi connectivity index (χ3n) is 3.21. The largest absolute Gasteiger partial charge is 0.479 e. The molecule has 2 aromatic rings. The van der Waals surface area contributed by atoms with Crippen LogP contribution in [0.3, 0.4) is 0 Å². The summed E-state index contributed by atoms with van der Waals surface area (Å²) in [5, 5.41) is 8.64. The third kappa shape index (κ3) is 2.98. The van der Waals surface area contributed by atoms with Gasteiger partial charge in [-0.15, -0.1) is 0 Å². The number of carbonyl (C=O) groups excluding carboxylic acids is 2. The molecule has 2 amide bonds. The number of alkyl halides is 2. The van der Waals surface area contributed by atoms with Crippen LogP contribution in [0.25, 0.3) is 0 Å². The highest BCUT2D eigenvalue weighted by atomic mass is 19.3. The minimum atomic E-state index is -2.81. The number of halogens is 2. The number of hydrogen-bond acceptors (Lipinski definition) is 4. The summed E-state index contributed by atoms with van der Waals surface area (Å²) < 4.78 is 30.7. The highest BCUT2D eigenvalue weighted by molar-refractivity contribution is 6.04. The topological polar surface area (TPSA) is 85.2 Å². The van der Waals surface area contributed by atoms with Crippen LogP contribution in [-0.4, -0.2) is 27.7 Å². The molecule has 3 rings (SSSR count). The van der Waals surface area contributed by atoms with Crippen molar-refractivity contribution in [3.8, 4) is 5.75 Å². The number of carbonyl (C=O) groups is 2. The van der Waals surface area contributed by atoms with Crippen molar-refractivity contribution in [2.45, 2.75) is 19.6 Å². The first-order valence-electron chi connectivity index (χ1n) is 6.70. The molecule has 0 aliphatic carbocycles. The van der Waals surface area contributed by atoms with Gasteiger partial charge in [-0.05, 0) is 31.2 Å². The molecule has 9 heteroatoms. The van der Waals surface area contributed by atoms with E-state index >= 15 is 0 Å². The van der Waals surface area contributed by atoms with E-state index in [9.17, 15) is 18.4 Å². The molecule has 0 spiro atoms. The smallest absolute Gasteiger partial charge is 0.333 e. The second kappa shape index (κ2) is 5.67. The lowest BCUT2D eigenvalue weighted by molar-refractivity contribution is -0.122. The van der Waals surface area contributed by atoms with Gasteiger partial charge in [0.2, 0.25) is 0 Å². The lowest BCUT2D eigenvalue weighted by atomic mass is 10.2. The number of aromatic nitrogens is 2. The Morgan fingerprint density at radius 1 is 1.43 bits per heavy atom. The first kappa shape index (κ1) is 14.9. The van der Waals surface area contributed by atoms with Gasteiger partial charge >= 0.3 is 6.55 Å². The maximum atomic E-state index is 12.4. The van der Waals surface area contributed by atoms with Crippen molar-refractivity contribution >= 4 is 23.2 Å². The van der Waals surface area contributed by atoms with Crippen LogP contribution in [-0.2, 0) is 4.79 Å². The maximum absolute atomic E-state index is 12.4. The first-order valence-corrected chi connectivity index (χ1v) is 6.70. The number of nitrogens with one attached hydrogen (secondary N) is 2. The molecular formula is C14H12F2N4O3. The molecule has 0 saturated carbocycles. The van der Waals surface area contributed by atoms with Crippen LogP contribution in [0.5, 0.6) is 5.75 Å². The summed E-state index contributed by atoms with van der Waals surface area (Å²) in [6, 6.07) is 5.87. The van der Waals surface area contributed by atoms with Crippen molar-refractivity contribution in [1.29, 1.82) is 0 Å². The summed E-state index contributed by atoms with van der Waals surface area (Å²) in [6.45, 7) is -1.19. The van der Waals surface area contributed by atoms with E-state index in [0.717, 1.165) is 6.20 Å². The van der Waals surface area contributed by atoms with E-state index in [2.05, 4.69) is 15.7 Å². The van der Waals surface area contributed by atoms with Crippen molar-refractivity contribution in [2.24, 2.45) is 0 Å². The van der Waals surface area contributed by atoms with Crippen molar-refractivity contribution in [1.82, 2.24) is 9.78 Å². The number of anilines is 2. The van der Waals surface area contributed by atoms with Gasteiger partial charge in [0.1, 0.15) is 5.75 Å². The Balaban J connectivity index is 1.76. The van der Waals surface area contributed by atoms with Crippen LogP contribution in [0.4, 0.5) is 20.2 Å². The van der Waals surface area contributed by atoms with Crippen molar-refractivity contribution < 1.29 is 23.1 Å². The van der Waals surface area contributed by atoms with Crippen LogP contribution < -0.4 is 15.4 Å². The molecule has 0 unspecified atom stereocenters. The summed E-state index contributed by atoms with van der Waals surface area (Å²) in [7, 11) is 0. The minimum absolute atomic E-state index is 0.142. The number of nitrogens with zero attached hydrogens (tertiary/aromatic N) is 2. The zero-order chi connectivity index (χ0) is 16.6. The van der Waals surface area contributed by atoms with Gasteiger partial charge in [-0.3, -0.25) is 9.59 Å². The van der Waals surface area contributed by atoms with E-state index in [4.69, 9.17) is 4.74 Å². The summed E-state index contributed by atoms with van der Waals surface area (Å²) >= 11 is 0. The maximum Gasteiger partial charge on any atom is 0.333 e. The Hall–Kier alpha value is -2.97. The SMILES string of the molecule is C[C@@H]1Oc2ccc(NC(=O)c3ccn(C(F)F)n3)cc2NC1=O. The summed E-state index contributed by atoms with van der Waals surface area (Å²) in [4.78, 5) is 23.6. The lowest BCUT2D eigenvalue weighted by Crippen LogP contribution is -2.34. The second-order valence-electron chi connectivity index (χ2n) is 4.87. The molecule has 0 fully saturated rings. The Bertz CT molecular complexity index is 775. The fourth-order valence-corrected chi connectivity index (χ4v) is 2.05. The van der Waals surface area contributed by atoms with Crippen molar-refractivity contribution in [3.63, 3.8) is 0 Å². The molecule has 23 heavy (non-hydrogen) atoms. The molecule has 0 radical (unpaired) electrons. The van der Waals surface area contributed by atoms with Crippen molar-refractivity contribution in [3.05, 3.63) is 36.2 Å². The van der Waals surface area contributed by atoms with Crippen LogP contribution in [0.15, 0.2) is 30.5 Å². The van der Waals surface area contributed by atoms with Gasteiger partial charge in [-0.25, -0.2) is 4.68 Å². The molecule has 1 aromatic carbocycles. The van der Waals surface area contributed by atoms with Gasteiger partial charge in [0.05, 0.1) is 5.69 Å². The standard InChI is InChI=1S/C14H12F2N4O3/c1-7-12(21)18-10-6-8(2-3-11(10)23-7)17-13(22)9-4-5-20(19-9)14(15)16/h2-7,14H,1H3,(H,17,22)(H,18,21)/t7-/m0/s1. The number of rotatable bonds is 3. The van der Waals surface area contributed by atoms with Crippen LogP contribution in [0, 0.1) is 0 Å². The van der Waals surface area contributed by atoms with E-state index in [-0.39, 0.29) is 11.6 Å². The molecular weight excluding hydrogens is 310 g/mol. The second-order valence-corrected chi connectivity index (χ2v) is 4.87. The number of benzene rings is 1. The molecule has 0 bridgehead atoms. The van der Waals surface area contributed by atoms with Crippen LogP contribution in [0.1, 0.15) is 24.0 Å². The van der Waals surface area contributed by atoms with Gasteiger partial charge in [0.25, 0.3) is 11.8 Å².